The number of ether oxygens (including phenoxy) is 3. The molecule has 2 aromatic carbocycles. The Bertz CT molecular complexity index is 1000. The number of benzene rings is 2. The van der Waals surface area contributed by atoms with Crippen LogP contribution >= 0.6 is 0 Å². The topological polar surface area (TPSA) is 97.7 Å². The van der Waals surface area contributed by atoms with Gasteiger partial charge in [0.05, 0.1) is 7.11 Å². The summed E-state index contributed by atoms with van der Waals surface area (Å²) in [4.78, 5) is 24.3. The summed E-state index contributed by atoms with van der Waals surface area (Å²) in [6.07, 6.45) is 3.49. The minimum atomic E-state index is -0.585. The van der Waals surface area contributed by atoms with Crippen LogP contribution in [-0.2, 0) is 16.0 Å². The fourth-order valence-electron chi connectivity index (χ4n) is 2.85. The summed E-state index contributed by atoms with van der Waals surface area (Å²) in [5.74, 6) is 0.0346. The second kappa shape index (κ2) is 12.2. The number of nitrogens with zero attached hydrogens (tertiary/aromatic N) is 1. The molecule has 7 nitrogen and oxygen atoms in total. The minimum Gasteiger partial charge on any atom is -0.493 e. The van der Waals surface area contributed by atoms with Crippen LogP contribution in [0.1, 0.15) is 38.3 Å². The molecule has 0 saturated heterocycles. The van der Waals surface area contributed by atoms with Gasteiger partial charge in [0.1, 0.15) is 17.4 Å². The molecule has 0 aliphatic heterocycles. The molecule has 0 radical (unpaired) electrons. The summed E-state index contributed by atoms with van der Waals surface area (Å²) >= 11 is 0. The van der Waals surface area contributed by atoms with Gasteiger partial charge in [0, 0.05) is 6.04 Å². The molecular formula is C25H28N2O5. The van der Waals surface area contributed by atoms with Gasteiger partial charge in [-0.2, -0.15) is 5.26 Å². The second-order valence-electron chi connectivity index (χ2n) is 7.36. The zero-order chi connectivity index (χ0) is 23.5. The third-order valence-corrected chi connectivity index (χ3v) is 4.33. The number of rotatable bonds is 10. The van der Waals surface area contributed by atoms with Gasteiger partial charge < -0.3 is 19.5 Å². The standard InChI is InChI=1S/C25H28N2O5/c1-5-6-18-7-10-21(11-8-18)31-16-24(28)32-22-12-9-19(14-23(22)30-4)13-20(15-26)25(29)27-17(2)3/h7-14,17H,5-6,16H2,1-4H3,(H,27,29)/b20-13+. The number of aryl methyl sites for hydroxylation is 1. The molecule has 0 unspecified atom stereocenters. The highest BCUT2D eigenvalue weighted by Crippen LogP contribution is 2.29. The van der Waals surface area contributed by atoms with Crippen molar-refractivity contribution >= 4 is 18.0 Å². The number of amides is 1. The summed E-state index contributed by atoms with van der Waals surface area (Å²) in [5.41, 5.74) is 1.73. The van der Waals surface area contributed by atoms with E-state index in [1.54, 1.807) is 12.1 Å². The van der Waals surface area contributed by atoms with Crippen LogP contribution < -0.4 is 19.5 Å². The summed E-state index contributed by atoms with van der Waals surface area (Å²) in [5, 5.41) is 11.9. The van der Waals surface area contributed by atoms with E-state index in [0.717, 1.165) is 12.8 Å². The molecule has 0 aliphatic rings. The van der Waals surface area contributed by atoms with E-state index < -0.39 is 11.9 Å². The van der Waals surface area contributed by atoms with E-state index >= 15 is 0 Å². The molecule has 1 amide bonds. The molecule has 0 fully saturated rings. The van der Waals surface area contributed by atoms with E-state index in [9.17, 15) is 14.9 Å². The van der Waals surface area contributed by atoms with Crippen molar-refractivity contribution in [1.29, 1.82) is 5.26 Å². The van der Waals surface area contributed by atoms with E-state index in [1.807, 2.05) is 44.2 Å². The SMILES string of the molecule is CCCc1ccc(OCC(=O)Oc2ccc(/C=C(\C#N)C(=O)NC(C)C)cc2OC)cc1. The van der Waals surface area contributed by atoms with Crippen LogP contribution in [0, 0.1) is 11.3 Å². The van der Waals surface area contributed by atoms with Crippen molar-refractivity contribution in [2.24, 2.45) is 0 Å². The molecule has 32 heavy (non-hydrogen) atoms. The summed E-state index contributed by atoms with van der Waals surface area (Å²) in [6, 6.07) is 14.1. The number of nitriles is 1. The van der Waals surface area contributed by atoms with Crippen molar-refractivity contribution in [3.8, 4) is 23.3 Å². The largest absolute Gasteiger partial charge is 0.493 e. The fraction of sp³-hybridized carbons (Fsp3) is 0.320. The van der Waals surface area contributed by atoms with Crippen LogP contribution in [0.15, 0.2) is 48.0 Å². The lowest BCUT2D eigenvalue weighted by Gasteiger charge is -2.11. The predicted molar refractivity (Wildman–Crippen MR) is 121 cm³/mol. The third-order valence-electron chi connectivity index (χ3n) is 4.33. The van der Waals surface area contributed by atoms with E-state index in [0.29, 0.717) is 11.3 Å². The molecule has 0 saturated carbocycles. The lowest BCUT2D eigenvalue weighted by Crippen LogP contribution is -2.30. The predicted octanol–water partition coefficient (Wildman–Crippen LogP) is 4.06. The number of hydrogen-bond acceptors (Lipinski definition) is 6. The number of carbonyl (C=O) groups is 2. The highest BCUT2D eigenvalue weighted by atomic mass is 16.6. The quantitative estimate of drug-likeness (QED) is 0.261. The number of nitrogens with one attached hydrogen (secondary N) is 1. The zero-order valence-corrected chi connectivity index (χ0v) is 18.8. The summed E-state index contributed by atoms with van der Waals surface area (Å²) in [6.45, 7) is 5.48. The van der Waals surface area contributed by atoms with Crippen molar-refractivity contribution in [1.82, 2.24) is 5.32 Å². The Kier molecular flexibility index (Phi) is 9.30. The minimum absolute atomic E-state index is 0.0381. The van der Waals surface area contributed by atoms with Crippen molar-refractivity contribution in [2.75, 3.05) is 13.7 Å². The van der Waals surface area contributed by atoms with Gasteiger partial charge in [-0.05, 0) is 61.7 Å². The van der Waals surface area contributed by atoms with Crippen molar-refractivity contribution < 1.29 is 23.8 Å². The molecule has 2 rings (SSSR count). The lowest BCUT2D eigenvalue weighted by molar-refractivity contribution is -0.136. The molecule has 7 heteroatoms. The van der Waals surface area contributed by atoms with Gasteiger partial charge in [0.15, 0.2) is 18.1 Å². The number of carbonyl (C=O) groups excluding carboxylic acids is 2. The second-order valence-corrected chi connectivity index (χ2v) is 7.36. The fourth-order valence-corrected chi connectivity index (χ4v) is 2.85. The smallest absolute Gasteiger partial charge is 0.349 e. The molecule has 0 aliphatic carbocycles. The molecule has 0 spiro atoms. The molecule has 2 aromatic rings. The van der Waals surface area contributed by atoms with Crippen LogP contribution in [-0.4, -0.2) is 31.6 Å². The van der Waals surface area contributed by atoms with Gasteiger partial charge >= 0.3 is 5.97 Å². The first kappa shape index (κ1) is 24.5. The van der Waals surface area contributed by atoms with E-state index in [4.69, 9.17) is 14.2 Å². The average Bonchev–Trinajstić information content (AvgIpc) is 2.77. The zero-order valence-electron chi connectivity index (χ0n) is 18.8. The number of hydrogen-bond donors (Lipinski definition) is 1. The Morgan fingerprint density at radius 1 is 1.12 bits per heavy atom. The normalized spacial score (nSPS) is 10.9. The van der Waals surface area contributed by atoms with Gasteiger partial charge in [-0.3, -0.25) is 4.79 Å². The van der Waals surface area contributed by atoms with Gasteiger partial charge in [0.25, 0.3) is 5.91 Å². The Hall–Kier alpha value is -3.79. The Morgan fingerprint density at radius 2 is 1.84 bits per heavy atom. The Balaban J connectivity index is 2.04. The van der Waals surface area contributed by atoms with Gasteiger partial charge in [-0.1, -0.05) is 31.5 Å². The lowest BCUT2D eigenvalue weighted by atomic mass is 10.1. The first-order chi connectivity index (χ1) is 15.4. The molecule has 0 bridgehead atoms. The Labute approximate surface area is 188 Å². The van der Waals surface area contributed by atoms with Crippen molar-refractivity contribution in [2.45, 2.75) is 39.7 Å². The molecule has 0 aromatic heterocycles. The van der Waals surface area contributed by atoms with Crippen LogP contribution in [0.4, 0.5) is 0 Å². The van der Waals surface area contributed by atoms with E-state index in [-0.39, 0.29) is 29.7 Å². The van der Waals surface area contributed by atoms with Gasteiger partial charge in [0.2, 0.25) is 0 Å². The maximum absolute atomic E-state index is 12.2. The first-order valence-corrected chi connectivity index (χ1v) is 10.4. The molecule has 168 valence electrons. The molecule has 0 heterocycles. The monoisotopic (exact) mass is 436 g/mol. The third kappa shape index (κ3) is 7.47. The van der Waals surface area contributed by atoms with Crippen molar-refractivity contribution in [3.05, 3.63) is 59.2 Å². The van der Waals surface area contributed by atoms with Crippen LogP contribution in [0.25, 0.3) is 6.08 Å². The van der Waals surface area contributed by atoms with Crippen LogP contribution in [0.5, 0.6) is 17.2 Å². The first-order valence-electron chi connectivity index (χ1n) is 10.4. The maximum Gasteiger partial charge on any atom is 0.349 e. The van der Waals surface area contributed by atoms with Crippen molar-refractivity contribution in [3.63, 3.8) is 0 Å². The number of esters is 1. The van der Waals surface area contributed by atoms with Crippen LogP contribution in [0.3, 0.4) is 0 Å². The molecule has 0 atom stereocenters. The summed E-state index contributed by atoms with van der Waals surface area (Å²) < 4.78 is 16.1. The Morgan fingerprint density at radius 3 is 2.44 bits per heavy atom. The molecule has 1 N–H and O–H groups in total. The van der Waals surface area contributed by atoms with Crippen LogP contribution in [0.2, 0.25) is 0 Å². The average molecular weight is 437 g/mol. The highest BCUT2D eigenvalue weighted by Gasteiger charge is 2.14. The molecular weight excluding hydrogens is 408 g/mol. The number of methoxy groups -OCH3 is 1. The van der Waals surface area contributed by atoms with E-state index in [2.05, 4.69) is 12.2 Å². The summed E-state index contributed by atoms with van der Waals surface area (Å²) in [7, 11) is 1.44. The van der Waals surface area contributed by atoms with Gasteiger partial charge in [-0.25, -0.2) is 4.79 Å². The highest BCUT2D eigenvalue weighted by molar-refractivity contribution is 6.01. The van der Waals surface area contributed by atoms with E-state index in [1.165, 1.54) is 24.8 Å². The maximum atomic E-state index is 12.2. The van der Waals surface area contributed by atoms with Gasteiger partial charge in [-0.15, -0.1) is 0 Å².